The van der Waals surface area contributed by atoms with E-state index in [1.807, 2.05) is 0 Å². The molecule has 2 heterocycles. The predicted molar refractivity (Wildman–Crippen MR) is 126 cm³/mol. The molecular formula is C25H35N3O4. The molecule has 1 aromatic carbocycles. The van der Waals surface area contributed by atoms with Crippen molar-refractivity contribution in [1.29, 1.82) is 0 Å². The zero-order valence-electron chi connectivity index (χ0n) is 19.1. The van der Waals surface area contributed by atoms with Crippen LogP contribution < -0.4 is 14.8 Å². The molecule has 2 aromatic rings. The van der Waals surface area contributed by atoms with Crippen molar-refractivity contribution >= 4 is 23.1 Å². The van der Waals surface area contributed by atoms with Crippen LogP contribution in [0.25, 0.3) is 10.9 Å². The molecule has 32 heavy (non-hydrogen) atoms. The number of ether oxygens (including phenoxy) is 2. The zero-order valence-corrected chi connectivity index (χ0v) is 19.1. The third kappa shape index (κ3) is 5.09. The lowest BCUT2D eigenvalue weighted by molar-refractivity contribution is -0.122. The van der Waals surface area contributed by atoms with E-state index < -0.39 is 0 Å². The lowest BCUT2D eigenvalue weighted by atomic mass is 9.92. The molecular weight excluding hydrogens is 406 g/mol. The Kier molecular flexibility index (Phi) is 7.68. The molecule has 3 aliphatic rings. The van der Waals surface area contributed by atoms with Gasteiger partial charge in [-0.1, -0.05) is 0 Å². The lowest BCUT2D eigenvalue weighted by Gasteiger charge is -2.29. The van der Waals surface area contributed by atoms with Crippen molar-refractivity contribution in [2.24, 2.45) is 0 Å². The minimum Gasteiger partial charge on any atom is -0.493 e. The normalized spacial score (nSPS) is 17.9. The van der Waals surface area contributed by atoms with Crippen molar-refractivity contribution in [3.05, 3.63) is 23.4 Å². The number of rotatable bonds is 8. The minimum absolute atomic E-state index is 0.250. The fraction of sp³-hybridized carbons (Fsp3) is 0.600. The molecule has 0 amide bonds. The van der Waals surface area contributed by atoms with Gasteiger partial charge in [-0.15, -0.1) is 0 Å². The SMILES string of the molecule is COc1cc2c(NC3CCC3)c3c(nc2cc1OCCCN1CCCC1)CCC3.O=CO. The maximum Gasteiger partial charge on any atom is 0.290 e. The first-order chi connectivity index (χ1) is 15.7. The molecule has 1 saturated heterocycles. The van der Waals surface area contributed by atoms with E-state index in [0.717, 1.165) is 49.4 Å². The third-order valence-electron chi connectivity index (χ3n) is 6.83. The van der Waals surface area contributed by atoms with Crippen LogP contribution in [-0.2, 0) is 17.6 Å². The number of fused-ring (bicyclic) bond motifs is 2. The molecule has 0 unspecified atom stereocenters. The van der Waals surface area contributed by atoms with Crippen LogP contribution in [0.5, 0.6) is 11.5 Å². The molecule has 2 fully saturated rings. The molecule has 7 nitrogen and oxygen atoms in total. The van der Waals surface area contributed by atoms with Crippen LogP contribution in [0.1, 0.15) is 56.2 Å². The van der Waals surface area contributed by atoms with Gasteiger partial charge < -0.3 is 24.8 Å². The molecule has 174 valence electrons. The highest BCUT2D eigenvalue weighted by atomic mass is 16.5. The summed E-state index contributed by atoms with van der Waals surface area (Å²) in [6, 6.07) is 4.84. The summed E-state index contributed by atoms with van der Waals surface area (Å²) in [4.78, 5) is 15.9. The van der Waals surface area contributed by atoms with Crippen molar-refractivity contribution in [2.45, 2.75) is 63.8 Å². The first kappa shape index (κ1) is 22.6. The Bertz CT molecular complexity index is 923. The number of methoxy groups -OCH3 is 1. The Balaban J connectivity index is 0.000000775. The van der Waals surface area contributed by atoms with Gasteiger partial charge in [0.1, 0.15) is 0 Å². The van der Waals surface area contributed by atoms with Gasteiger partial charge in [0.25, 0.3) is 6.47 Å². The van der Waals surface area contributed by atoms with Crippen LogP contribution in [0.2, 0.25) is 0 Å². The number of benzene rings is 1. The smallest absolute Gasteiger partial charge is 0.290 e. The average molecular weight is 442 g/mol. The third-order valence-corrected chi connectivity index (χ3v) is 6.83. The Labute approximate surface area is 190 Å². The largest absolute Gasteiger partial charge is 0.493 e. The second-order valence-corrected chi connectivity index (χ2v) is 8.91. The van der Waals surface area contributed by atoms with E-state index in [4.69, 9.17) is 24.4 Å². The number of anilines is 1. The highest BCUT2D eigenvalue weighted by molar-refractivity contribution is 5.96. The Morgan fingerprint density at radius 3 is 2.62 bits per heavy atom. The quantitative estimate of drug-likeness (QED) is 0.468. The summed E-state index contributed by atoms with van der Waals surface area (Å²) >= 11 is 0. The second kappa shape index (κ2) is 10.9. The molecule has 0 bridgehead atoms. The first-order valence-corrected chi connectivity index (χ1v) is 12.0. The van der Waals surface area contributed by atoms with E-state index in [0.29, 0.717) is 6.04 Å². The first-order valence-electron chi connectivity index (χ1n) is 12.0. The van der Waals surface area contributed by atoms with Crippen LogP contribution in [0.3, 0.4) is 0 Å². The summed E-state index contributed by atoms with van der Waals surface area (Å²) in [5.41, 5.74) is 5.02. The number of likely N-dealkylation sites (tertiary alicyclic amines) is 1. The topological polar surface area (TPSA) is 83.9 Å². The summed E-state index contributed by atoms with van der Waals surface area (Å²) in [5, 5.41) is 11.9. The molecule has 0 atom stereocenters. The van der Waals surface area contributed by atoms with Gasteiger partial charge in [0.2, 0.25) is 0 Å². The van der Waals surface area contributed by atoms with E-state index in [1.54, 1.807) is 7.11 Å². The molecule has 7 heteroatoms. The van der Waals surface area contributed by atoms with Crippen LogP contribution in [0, 0.1) is 0 Å². The zero-order chi connectivity index (χ0) is 22.3. The number of aromatic nitrogens is 1. The lowest BCUT2D eigenvalue weighted by Crippen LogP contribution is -2.27. The van der Waals surface area contributed by atoms with Gasteiger partial charge in [0, 0.05) is 35.4 Å². The number of carbonyl (C=O) groups is 1. The summed E-state index contributed by atoms with van der Waals surface area (Å²) in [5.74, 6) is 1.64. The van der Waals surface area contributed by atoms with E-state index in [9.17, 15) is 0 Å². The Morgan fingerprint density at radius 2 is 1.94 bits per heavy atom. The molecule has 1 aliphatic heterocycles. The summed E-state index contributed by atoms with van der Waals surface area (Å²) in [7, 11) is 1.73. The molecule has 5 rings (SSSR count). The number of nitrogens with zero attached hydrogens (tertiary/aromatic N) is 2. The monoisotopic (exact) mass is 441 g/mol. The van der Waals surface area contributed by atoms with Gasteiger partial charge in [-0.05, 0) is 82.5 Å². The van der Waals surface area contributed by atoms with Crippen LogP contribution in [0.15, 0.2) is 12.1 Å². The highest BCUT2D eigenvalue weighted by Gasteiger charge is 2.25. The Hall–Kier alpha value is -2.54. The van der Waals surface area contributed by atoms with Crippen molar-refractivity contribution in [3.63, 3.8) is 0 Å². The van der Waals surface area contributed by atoms with Gasteiger partial charge in [-0.2, -0.15) is 0 Å². The molecule has 0 spiro atoms. The minimum atomic E-state index is -0.250. The van der Waals surface area contributed by atoms with E-state index in [-0.39, 0.29) is 6.47 Å². The van der Waals surface area contributed by atoms with Crippen molar-refractivity contribution in [1.82, 2.24) is 9.88 Å². The number of nitrogens with one attached hydrogen (secondary N) is 1. The van der Waals surface area contributed by atoms with Crippen LogP contribution >= 0.6 is 0 Å². The average Bonchev–Trinajstić information content (AvgIpc) is 3.45. The summed E-state index contributed by atoms with van der Waals surface area (Å²) in [6.45, 7) is 4.07. The van der Waals surface area contributed by atoms with E-state index in [1.165, 1.54) is 73.9 Å². The van der Waals surface area contributed by atoms with Gasteiger partial charge in [0.15, 0.2) is 11.5 Å². The molecule has 0 radical (unpaired) electrons. The summed E-state index contributed by atoms with van der Waals surface area (Å²) in [6.07, 6.45) is 11.0. The number of hydrogen-bond acceptors (Lipinski definition) is 6. The molecule has 1 aromatic heterocycles. The van der Waals surface area contributed by atoms with Crippen LogP contribution in [0.4, 0.5) is 5.69 Å². The van der Waals surface area contributed by atoms with Gasteiger partial charge >= 0.3 is 0 Å². The fourth-order valence-electron chi connectivity index (χ4n) is 4.94. The van der Waals surface area contributed by atoms with Gasteiger partial charge in [-0.3, -0.25) is 9.78 Å². The number of aryl methyl sites for hydroxylation is 1. The van der Waals surface area contributed by atoms with Crippen LogP contribution in [-0.4, -0.2) is 60.9 Å². The molecule has 2 aliphatic carbocycles. The highest BCUT2D eigenvalue weighted by Crippen LogP contribution is 2.41. The number of pyridine rings is 1. The number of carboxylic acid groups (broad SMARTS) is 1. The van der Waals surface area contributed by atoms with E-state index >= 15 is 0 Å². The maximum absolute atomic E-state index is 8.36. The number of hydrogen-bond donors (Lipinski definition) is 2. The van der Waals surface area contributed by atoms with Crippen molar-refractivity contribution < 1.29 is 19.4 Å². The maximum atomic E-state index is 8.36. The molecule has 2 N–H and O–H groups in total. The summed E-state index contributed by atoms with van der Waals surface area (Å²) < 4.78 is 11.9. The fourth-order valence-corrected chi connectivity index (χ4v) is 4.94. The van der Waals surface area contributed by atoms with Gasteiger partial charge in [0.05, 0.1) is 19.2 Å². The molecule has 1 saturated carbocycles. The second-order valence-electron chi connectivity index (χ2n) is 8.91. The predicted octanol–water partition coefficient (Wildman–Crippen LogP) is 4.26. The Morgan fingerprint density at radius 1 is 1.16 bits per heavy atom. The van der Waals surface area contributed by atoms with E-state index in [2.05, 4.69) is 22.3 Å². The van der Waals surface area contributed by atoms with Crippen molar-refractivity contribution in [2.75, 3.05) is 38.7 Å². The van der Waals surface area contributed by atoms with Crippen molar-refractivity contribution in [3.8, 4) is 11.5 Å². The standard InChI is InChI=1S/C24H33N3O2.CH2O2/c1-28-22-15-19-21(16-23(22)29-14-6-13-27-11-2-3-12-27)26-20-10-5-9-18(20)24(19)25-17-7-4-8-17;2-1-3/h15-17H,2-14H2,1H3,(H,25,26);1H,(H,2,3). The van der Waals surface area contributed by atoms with Gasteiger partial charge in [-0.25, -0.2) is 0 Å².